The number of aromatic nitrogens is 1. The Balaban J connectivity index is 1.65. The first kappa shape index (κ1) is 19.4. The highest BCUT2D eigenvalue weighted by atomic mass is 32.1. The summed E-state index contributed by atoms with van der Waals surface area (Å²) in [4.78, 5) is 37.5. The summed E-state index contributed by atoms with van der Waals surface area (Å²) in [6.07, 6.45) is 6.42. The minimum atomic E-state index is -0.449. The average Bonchev–Trinajstić information content (AvgIpc) is 3.09. The van der Waals surface area contributed by atoms with E-state index in [0.717, 1.165) is 37.7 Å². The van der Waals surface area contributed by atoms with Gasteiger partial charge in [-0.05, 0) is 42.8 Å². The van der Waals surface area contributed by atoms with E-state index < -0.39 is 5.54 Å². The highest BCUT2D eigenvalue weighted by Crippen LogP contribution is 2.28. The van der Waals surface area contributed by atoms with Crippen LogP contribution in [-0.2, 0) is 11.3 Å². The average molecular weight is 388 g/mol. The number of hydrogen-bond donors (Lipinski definition) is 2. The van der Waals surface area contributed by atoms with Gasteiger partial charge in [0.15, 0.2) is 0 Å². The summed E-state index contributed by atoms with van der Waals surface area (Å²) in [7, 11) is 0. The number of thiophene rings is 1. The van der Waals surface area contributed by atoms with Crippen LogP contribution in [0.15, 0.2) is 40.6 Å². The summed E-state index contributed by atoms with van der Waals surface area (Å²) in [6.45, 7) is 2.35. The van der Waals surface area contributed by atoms with Crippen molar-refractivity contribution in [3.8, 4) is 0 Å². The third kappa shape index (κ3) is 5.07. The van der Waals surface area contributed by atoms with Crippen LogP contribution in [0.4, 0.5) is 0 Å². The van der Waals surface area contributed by atoms with E-state index in [9.17, 15) is 14.4 Å². The largest absolute Gasteiger partial charge is 0.349 e. The Morgan fingerprint density at radius 2 is 2.00 bits per heavy atom. The zero-order valence-corrected chi connectivity index (χ0v) is 16.3. The third-order valence-electron chi connectivity index (χ3n) is 4.97. The molecule has 0 atom stereocenters. The van der Waals surface area contributed by atoms with Crippen LogP contribution in [0.2, 0.25) is 0 Å². The molecule has 2 N–H and O–H groups in total. The Kier molecular flexibility index (Phi) is 6.11. The van der Waals surface area contributed by atoms with Crippen molar-refractivity contribution in [1.29, 1.82) is 0 Å². The second kappa shape index (κ2) is 8.52. The van der Waals surface area contributed by atoms with Gasteiger partial charge in [-0.2, -0.15) is 0 Å². The van der Waals surface area contributed by atoms with Gasteiger partial charge in [-0.25, -0.2) is 0 Å². The maximum atomic E-state index is 12.6. The van der Waals surface area contributed by atoms with Crippen molar-refractivity contribution in [2.45, 2.75) is 51.1 Å². The molecule has 0 saturated heterocycles. The van der Waals surface area contributed by atoms with Gasteiger partial charge in [0.2, 0.25) is 5.91 Å². The zero-order valence-electron chi connectivity index (χ0n) is 15.5. The molecule has 0 unspecified atom stereocenters. The number of nitrogens with zero attached hydrogens (tertiary/aromatic N) is 1. The second-order valence-corrected chi connectivity index (χ2v) is 8.14. The lowest BCUT2D eigenvalue weighted by Gasteiger charge is -2.38. The van der Waals surface area contributed by atoms with Crippen molar-refractivity contribution in [3.63, 3.8) is 0 Å². The van der Waals surface area contributed by atoms with Gasteiger partial charge in [0.25, 0.3) is 11.5 Å². The number of rotatable bonds is 6. The molecule has 1 saturated carbocycles. The maximum absolute atomic E-state index is 12.6. The van der Waals surface area contributed by atoms with Crippen LogP contribution in [0.25, 0.3) is 0 Å². The molecule has 2 aromatic heterocycles. The van der Waals surface area contributed by atoms with Gasteiger partial charge in [0.1, 0.15) is 6.54 Å². The van der Waals surface area contributed by atoms with Crippen LogP contribution >= 0.6 is 11.3 Å². The number of carbonyl (C=O) groups is 2. The summed E-state index contributed by atoms with van der Waals surface area (Å²) < 4.78 is 1.39. The predicted octanol–water partition coefficient (Wildman–Crippen LogP) is 2.47. The minimum absolute atomic E-state index is 0.0144. The SMILES string of the molecule is Cc1csc(C(=O)NCC2(NC(=O)Cn3ccccc3=O)CCCCC2)c1. The highest BCUT2D eigenvalue weighted by Gasteiger charge is 2.34. The van der Waals surface area contributed by atoms with E-state index in [4.69, 9.17) is 0 Å². The molecule has 6 nitrogen and oxygen atoms in total. The fourth-order valence-electron chi connectivity index (χ4n) is 3.54. The van der Waals surface area contributed by atoms with Crippen LogP contribution in [-0.4, -0.2) is 28.5 Å². The topological polar surface area (TPSA) is 80.2 Å². The fraction of sp³-hybridized carbons (Fsp3) is 0.450. The van der Waals surface area contributed by atoms with Gasteiger partial charge in [-0.3, -0.25) is 14.4 Å². The summed E-state index contributed by atoms with van der Waals surface area (Å²) in [6, 6.07) is 6.69. The van der Waals surface area contributed by atoms with E-state index in [0.29, 0.717) is 11.4 Å². The third-order valence-corrected chi connectivity index (χ3v) is 6.02. The van der Waals surface area contributed by atoms with E-state index >= 15 is 0 Å². The van der Waals surface area contributed by atoms with Gasteiger partial charge in [-0.15, -0.1) is 11.3 Å². The van der Waals surface area contributed by atoms with E-state index in [1.54, 1.807) is 18.3 Å². The Morgan fingerprint density at radius 3 is 2.67 bits per heavy atom. The van der Waals surface area contributed by atoms with E-state index in [2.05, 4.69) is 10.6 Å². The predicted molar refractivity (Wildman–Crippen MR) is 106 cm³/mol. The molecule has 2 aromatic rings. The molecule has 0 spiro atoms. The molecule has 0 aliphatic heterocycles. The zero-order chi connectivity index (χ0) is 19.3. The molecule has 7 heteroatoms. The van der Waals surface area contributed by atoms with Gasteiger partial charge in [0, 0.05) is 18.8 Å². The van der Waals surface area contributed by atoms with Crippen LogP contribution in [0.5, 0.6) is 0 Å². The van der Waals surface area contributed by atoms with Crippen LogP contribution in [0.3, 0.4) is 0 Å². The molecular formula is C20H25N3O3S. The smallest absolute Gasteiger partial charge is 0.261 e. The number of nitrogens with one attached hydrogen (secondary N) is 2. The molecule has 0 radical (unpaired) electrons. The maximum Gasteiger partial charge on any atom is 0.261 e. The monoisotopic (exact) mass is 387 g/mol. The minimum Gasteiger partial charge on any atom is -0.349 e. The van der Waals surface area contributed by atoms with E-state index in [1.807, 2.05) is 18.4 Å². The first-order valence-corrected chi connectivity index (χ1v) is 10.2. The number of hydrogen-bond acceptors (Lipinski definition) is 4. The summed E-state index contributed by atoms with van der Waals surface area (Å²) in [5.41, 5.74) is 0.418. The van der Waals surface area contributed by atoms with Crippen molar-refractivity contribution >= 4 is 23.2 Å². The Labute approximate surface area is 162 Å². The fourth-order valence-corrected chi connectivity index (χ4v) is 4.36. The molecule has 3 rings (SSSR count). The molecule has 27 heavy (non-hydrogen) atoms. The molecule has 2 heterocycles. The van der Waals surface area contributed by atoms with Gasteiger partial charge in [0.05, 0.1) is 10.4 Å². The lowest BCUT2D eigenvalue weighted by atomic mass is 9.81. The van der Waals surface area contributed by atoms with Gasteiger partial charge < -0.3 is 15.2 Å². The lowest BCUT2D eigenvalue weighted by molar-refractivity contribution is -0.124. The van der Waals surface area contributed by atoms with E-state index in [-0.39, 0.29) is 23.9 Å². The van der Waals surface area contributed by atoms with Gasteiger partial charge >= 0.3 is 0 Å². The molecule has 0 aromatic carbocycles. The molecule has 1 aliphatic rings. The molecule has 1 fully saturated rings. The second-order valence-electron chi connectivity index (χ2n) is 7.23. The van der Waals surface area contributed by atoms with Crippen molar-refractivity contribution < 1.29 is 9.59 Å². The summed E-state index contributed by atoms with van der Waals surface area (Å²) in [5.74, 6) is -0.307. The molecule has 144 valence electrons. The van der Waals surface area contributed by atoms with Crippen molar-refractivity contribution in [2.75, 3.05) is 6.54 Å². The van der Waals surface area contributed by atoms with Crippen LogP contribution in [0, 0.1) is 6.92 Å². The number of carbonyl (C=O) groups excluding carboxylic acids is 2. The first-order chi connectivity index (χ1) is 13.0. The molecule has 1 aliphatic carbocycles. The molecular weight excluding hydrogens is 362 g/mol. The summed E-state index contributed by atoms with van der Waals surface area (Å²) in [5, 5.41) is 8.05. The van der Waals surface area contributed by atoms with Crippen molar-refractivity contribution in [3.05, 3.63) is 56.6 Å². The van der Waals surface area contributed by atoms with Crippen molar-refractivity contribution in [2.24, 2.45) is 0 Å². The van der Waals surface area contributed by atoms with Crippen molar-refractivity contribution in [1.82, 2.24) is 15.2 Å². The highest BCUT2D eigenvalue weighted by molar-refractivity contribution is 7.12. The standard InChI is InChI=1S/C20H25N3O3S/c1-15-11-16(27-13-15)19(26)21-14-20(8-4-2-5-9-20)22-17(24)12-23-10-6-3-7-18(23)25/h3,6-7,10-11,13H,2,4-5,8-9,12,14H2,1H3,(H,21,26)(H,22,24). The Bertz CT molecular complexity index is 865. The Morgan fingerprint density at radius 1 is 1.22 bits per heavy atom. The van der Waals surface area contributed by atoms with E-state index in [1.165, 1.54) is 22.0 Å². The number of pyridine rings is 1. The quantitative estimate of drug-likeness (QED) is 0.799. The van der Waals surface area contributed by atoms with Crippen LogP contribution < -0.4 is 16.2 Å². The lowest BCUT2D eigenvalue weighted by Crippen LogP contribution is -2.57. The van der Waals surface area contributed by atoms with Gasteiger partial charge in [-0.1, -0.05) is 25.3 Å². The molecule has 2 amide bonds. The normalized spacial score (nSPS) is 15.9. The summed E-state index contributed by atoms with van der Waals surface area (Å²) >= 11 is 1.42. The number of amides is 2. The number of aryl methyl sites for hydroxylation is 1. The molecule has 0 bridgehead atoms. The first-order valence-electron chi connectivity index (χ1n) is 9.27. The van der Waals surface area contributed by atoms with Crippen LogP contribution in [0.1, 0.15) is 47.3 Å². The Hall–Kier alpha value is -2.41.